The molecule has 1 amide bonds. The van der Waals surface area contributed by atoms with Crippen molar-refractivity contribution >= 4 is 24.5 Å². The van der Waals surface area contributed by atoms with E-state index in [1.807, 2.05) is 0 Å². The maximum Gasteiger partial charge on any atom is 0.303 e. The zero-order valence-electron chi connectivity index (χ0n) is 15.7. The van der Waals surface area contributed by atoms with Gasteiger partial charge in [0.2, 0.25) is 5.91 Å². The van der Waals surface area contributed by atoms with Crippen molar-refractivity contribution in [1.82, 2.24) is 5.32 Å². The van der Waals surface area contributed by atoms with Gasteiger partial charge in [-0.05, 0) is 25.0 Å². The monoisotopic (exact) mass is 374 g/mol. The lowest BCUT2D eigenvalue weighted by molar-refractivity contribution is -0.137. The molecule has 0 aromatic rings. The van der Waals surface area contributed by atoms with E-state index in [9.17, 15) is 9.59 Å². The zero-order valence-corrected chi connectivity index (χ0v) is 16.6. The SMILES string of the molecule is NC(CCS)C(=O)NCCCCCCCCCCCCCCC(=O)O. The molecule has 5 nitrogen and oxygen atoms in total. The number of rotatable bonds is 18. The van der Waals surface area contributed by atoms with Crippen molar-refractivity contribution < 1.29 is 14.7 Å². The third-order valence-electron chi connectivity index (χ3n) is 4.39. The summed E-state index contributed by atoms with van der Waals surface area (Å²) in [6, 6.07) is -0.422. The first-order valence-electron chi connectivity index (χ1n) is 9.94. The molecule has 0 saturated carbocycles. The number of nitrogens with two attached hydrogens (primary N) is 1. The van der Waals surface area contributed by atoms with Crippen molar-refractivity contribution in [3.8, 4) is 0 Å². The summed E-state index contributed by atoms with van der Waals surface area (Å²) in [5.41, 5.74) is 5.71. The van der Waals surface area contributed by atoms with Gasteiger partial charge in [0.05, 0.1) is 6.04 Å². The standard InChI is InChI=1S/C19H38N2O3S/c20-17(14-16-25)19(24)21-15-12-10-8-6-4-2-1-3-5-7-9-11-13-18(22)23/h17,25H,1-16,20H2,(H,21,24)(H,22,23). The van der Waals surface area contributed by atoms with Crippen LogP contribution in [0, 0.1) is 0 Å². The maximum atomic E-state index is 11.6. The van der Waals surface area contributed by atoms with E-state index in [1.54, 1.807) is 0 Å². The van der Waals surface area contributed by atoms with Gasteiger partial charge in [0.1, 0.15) is 0 Å². The van der Waals surface area contributed by atoms with Crippen LogP contribution in [0.5, 0.6) is 0 Å². The highest BCUT2D eigenvalue weighted by Crippen LogP contribution is 2.12. The zero-order chi connectivity index (χ0) is 18.8. The van der Waals surface area contributed by atoms with Crippen LogP contribution in [0.1, 0.15) is 89.9 Å². The molecule has 0 heterocycles. The smallest absolute Gasteiger partial charge is 0.303 e. The number of carboxylic acids is 1. The van der Waals surface area contributed by atoms with Crippen LogP contribution in [0.4, 0.5) is 0 Å². The van der Waals surface area contributed by atoms with Crippen LogP contribution in [-0.4, -0.2) is 35.3 Å². The van der Waals surface area contributed by atoms with E-state index < -0.39 is 12.0 Å². The van der Waals surface area contributed by atoms with Gasteiger partial charge in [-0.25, -0.2) is 0 Å². The normalized spacial score (nSPS) is 12.1. The van der Waals surface area contributed by atoms with Crippen LogP contribution in [-0.2, 0) is 9.59 Å². The Balaban J connectivity index is 3.16. The van der Waals surface area contributed by atoms with E-state index in [0.29, 0.717) is 18.6 Å². The molecule has 0 aromatic heterocycles. The van der Waals surface area contributed by atoms with Gasteiger partial charge in [-0.2, -0.15) is 12.6 Å². The van der Waals surface area contributed by atoms with Gasteiger partial charge in [0.15, 0.2) is 0 Å². The van der Waals surface area contributed by atoms with Gasteiger partial charge >= 0.3 is 5.97 Å². The van der Waals surface area contributed by atoms with Gasteiger partial charge in [0.25, 0.3) is 0 Å². The first kappa shape index (κ1) is 24.2. The molecule has 0 fully saturated rings. The summed E-state index contributed by atoms with van der Waals surface area (Å²) in [7, 11) is 0. The summed E-state index contributed by atoms with van der Waals surface area (Å²) in [4.78, 5) is 22.0. The third-order valence-corrected chi connectivity index (χ3v) is 4.65. The van der Waals surface area contributed by atoms with Gasteiger partial charge in [-0.15, -0.1) is 0 Å². The molecule has 0 saturated heterocycles. The number of carbonyl (C=O) groups is 2. The number of nitrogens with one attached hydrogen (secondary N) is 1. The summed E-state index contributed by atoms with van der Waals surface area (Å²) < 4.78 is 0. The highest BCUT2D eigenvalue weighted by Gasteiger charge is 2.10. The average Bonchev–Trinajstić information content (AvgIpc) is 2.58. The molecule has 25 heavy (non-hydrogen) atoms. The number of thiol groups is 1. The van der Waals surface area contributed by atoms with E-state index >= 15 is 0 Å². The van der Waals surface area contributed by atoms with E-state index in [0.717, 1.165) is 38.6 Å². The molecular weight excluding hydrogens is 336 g/mol. The van der Waals surface area contributed by atoms with Crippen molar-refractivity contribution in [2.75, 3.05) is 12.3 Å². The fourth-order valence-electron chi connectivity index (χ4n) is 2.78. The Morgan fingerprint density at radius 1 is 0.840 bits per heavy atom. The molecule has 0 spiro atoms. The molecule has 1 unspecified atom stereocenters. The molecule has 0 radical (unpaired) electrons. The van der Waals surface area contributed by atoms with Crippen LogP contribution in [0.15, 0.2) is 0 Å². The lowest BCUT2D eigenvalue weighted by Gasteiger charge is -2.10. The van der Waals surface area contributed by atoms with Gasteiger partial charge in [-0.3, -0.25) is 9.59 Å². The highest BCUT2D eigenvalue weighted by molar-refractivity contribution is 7.80. The molecule has 0 aliphatic heterocycles. The predicted octanol–water partition coefficient (Wildman–Crippen LogP) is 3.91. The van der Waals surface area contributed by atoms with Crippen molar-refractivity contribution in [3.05, 3.63) is 0 Å². The quantitative estimate of drug-likeness (QED) is 0.216. The van der Waals surface area contributed by atoms with Crippen molar-refractivity contribution in [1.29, 1.82) is 0 Å². The molecule has 148 valence electrons. The Morgan fingerprint density at radius 3 is 1.72 bits per heavy atom. The maximum absolute atomic E-state index is 11.6. The van der Waals surface area contributed by atoms with Crippen molar-refractivity contribution in [2.24, 2.45) is 5.73 Å². The average molecular weight is 375 g/mol. The Labute approximate surface area is 158 Å². The molecule has 0 aromatic carbocycles. The van der Waals surface area contributed by atoms with Gasteiger partial charge in [-0.1, -0.05) is 64.2 Å². The summed E-state index contributed by atoms with van der Waals surface area (Å²) in [6.07, 6.45) is 15.0. The van der Waals surface area contributed by atoms with E-state index in [-0.39, 0.29) is 5.91 Å². The second-order valence-corrected chi connectivity index (χ2v) is 7.24. The third kappa shape index (κ3) is 17.9. The first-order valence-corrected chi connectivity index (χ1v) is 10.6. The van der Waals surface area contributed by atoms with Crippen LogP contribution >= 0.6 is 12.6 Å². The minimum atomic E-state index is -0.681. The number of aliphatic carboxylic acids is 1. The number of hydrogen-bond acceptors (Lipinski definition) is 4. The summed E-state index contributed by atoms with van der Waals surface area (Å²) in [6.45, 7) is 0.723. The predicted molar refractivity (Wildman–Crippen MR) is 107 cm³/mol. The minimum Gasteiger partial charge on any atom is -0.481 e. The lowest BCUT2D eigenvalue weighted by Crippen LogP contribution is -2.41. The van der Waals surface area contributed by atoms with Crippen LogP contribution in [0.2, 0.25) is 0 Å². The minimum absolute atomic E-state index is 0.0583. The fraction of sp³-hybridized carbons (Fsp3) is 0.895. The van der Waals surface area contributed by atoms with Gasteiger partial charge in [0, 0.05) is 13.0 Å². The number of hydrogen-bond donors (Lipinski definition) is 4. The fourth-order valence-corrected chi connectivity index (χ4v) is 3.06. The Kier molecular flexibility index (Phi) is 17.5. The Hall–Kier alpha value is -0.750. The molecule has 4 N–H and O–H groups in total. The van der Waals surface area contributed by atoms with E-state index in [1.165, 1.54) is 44.9 Å². The highest BCUT2D eigenvalue weighted by atomic mass is 32.1. The summed E-state index contributed by atoms with van der Waals surface area (Å²) >= 11 is 4.08. The van der Waals surface area contributed by atoms with E-state index in [2.05, 4.69) is 17.9 Å². The number of carbonyl (C=O) groups excluding carboxylic acids is 1. The lowest BCUT2D eigenvalue weighted by atomic mass is 10.0. The Morgan fingerprint density at radius 2 is 1.28 bits per heavy atom. The van der Waals surface area contributed by atoms with Crippen molar-refractivity contribution in [2.45, 2.75) is 95.9 Å². The van der Waals surface area contributed by atoms with Gasteiger partial charge < -0.3 is 16.2 Å². The molecule has 0 aliphatic carbocycles. The van der Waals surface area contributed by atoms with E-state index in [4.69, 9.17) is 10.8 Å². The molecule has 0 rings (SSSR count). The molecule has 0 bridgehead atoms. The topological polar surface area (TPSA) is 92.4 Å². The first-order chi connectivity index (χ1) is 12.1. The second kappa shape index (κ2) is 18.1. The van der Waals surface area contributed by atoms with Crippen molar-refractivity contribution in [3.63, 3.8) is 0 Å². The molecule has 0 aliphatic rings. The molecule has 6 heteroatoms. The number of unbranched alkanes of at least 4 members (excludes halogenated alkanes) is 11. The van der Waals surface area contributed by atoms with Crippen LogP contribution in [0.25, 0.3) is 0 Å². The molecular formula is C19H38N2O3S. The summed E-state index contributed by atoms with van der Waals surface area (Å²) in [5.74, 6) is -0.101. The number of amides is 1. The van der Waals surface area contributed by atoms with Crippen LogP contribution in [0.3, 0.4) is 0 Å². The van der Waals surface area contributed by atoms with Crippen LogP contribution < -0.4 is 11.1 Å². The molecule has 1 atom stereocenters. The second-order valence-electron chi connectivity index (χ2n) is 6.80. The summed E-state index contributed by atoms with van der Waals surface area (Å²) in [5, 5.41) is 11.4. The Bertz CT molecular complexity index is 341. The number of carboxylic acid groups (broad SMARTS) is 1. The largest absolute Gasteiger partial charge is 0.481 e.